The Morgan fingerprint density at radius 3 is 2.31 bits per heavy atom. The number of hydrogen-bond donors (Lipinski definition) is 1. The summed E-state index contributed by atoms with van der Waals surface area (Å²) in [5.74, 6) is -5.54. The van der Waals surface area contributed by atoms with Gasteiger partial charge in [0.15, 0.2) is 23.6 Å². The highest BCUT2D eigenvalue weighted by atomic mass is 19.2. The fraction of sp³-hybridized carbons (Fsp3) is 0.222. The highest BCUT2D eigenvalue weighted by Crippen LogP contribution is 2.20. The second kappa shape index (κ2) is 8.37. The zero-order chi connectivity index (χ0) is 19.3. The molecule has 0 saturated carbocycles. The van der Waals surface area contributed by atoms with E-state index in [1.807, 2.05) is 5.32 Å². The number of hydrogen-bond acceptors (Lipinski definition) is 4. The van der Waals surface area contributed by atoms with Gasteiger partial charge in [-0.15, -0.1) is 0 Å². The van der Waals surface area contributed by atoms with Gasteiger partial charge in [0.25, 0.3) is 5.91 Å². The molecule has 0 aliphatic heterocycles. The molecule has 0 fully saturated rings. The van der Waals surface area contributed by atoms with Gasteiger partial charge in [0.1, 0.15) is 5.75 Å². The number of ether oxygens (including phenoxy) is 2. The second-order valence-electron chi connectivity index (χ2n) is 5.37. The standard InChI is InChI=1S/C18H16F3NO4/c1-10(18(24)22-14-8-7-13(19)16(20)17(14)21)26-15(23)9-11-3-5-12(25-2)6-4-11/h3-8,10H,9H2,1-2H3,(H,22,24)/t10-/m0/s1. The maximum atomic E-state index is 13.6. The molecule has 2 rings (SSSR count). The Kier molecular flexibility index (Phi) is 6.21. The highest BCUT2D eigenvalue weighted by Gasteiger charge is 2.21. The monoisotopic (exact) mass is 367 g/mol. The van der Waals surface area contributed by atoms with Crippen LogP contribution in [0.25, 0.3) is 0 Å². The van der Waals surface area contributed by atoms with E-state index in [2.05, 4.69) is 0 Å². The van der Waals surface area contributed by atoms with Crippen molar-refractivity contribution >= 4 is 17.6 Å². The van der Waals surface area contributed by atoms with Gasteiger partial charge < -0.3 is 14.8 Å². The van der Waals surface area contributed by atoms with Crippen LogP contribution < -0.4 is 10.1 Å². The van der Waals surface area contributed by atoms with Crippen LogP contribution >= 0.6 is 0 Å². The number of nitrogens with one attached hydrogen (secondary N) is 1. The number of carbonyl (C=O) groups is 2. The minimum atomic E-state index is -1.70. The molecule has 0 saturated heterocycles. The first-order valence-corrected chi connectivity index (χ1v) is 7.58. The lowest BCUT2D eigenvalue weighted by Crippen LogP contribution is -2.31. The first-order chi connectivity index (χ1) is 12.3. The normalized spacial score (nSPS) is 11.6. The third-order valence-electron chi connectivity index (χ3n) is 3.48. The van der Waals surface area contributed by atoms with Gasteiger partial charge in [-0.05, 0) is 36.8 Å². The van der Waals surface area contributed by atoms with E-state index in [9.17, 15) is 22.8 Å². The first-order valence-electron chi connectivity index (χ1n) is 7.58. The molecule has 138 valence electrons. The molecule has 2 aromatic rings. The van der Waals surface area contributed by atoms with E-state index in [0.717, 1.165) is 6.07 Å². The Labute approximate surface area is 147 Å². The van der Waals surface area contributed by atoms with Crippen LogP contribution in [0, 0.1) is 17.5 Å². The molecule has 0 aromatic heterocycles. The molecule has 1 N–H and O–H groups in total. The van der Waals surface area contributed by atoms with Crippen molar-refractivity contribution in [2.45, 2.75) is 19.4 Å². The second-order valence-corrected chi connectivity index (χ2v) is 5.37. The van der Waals surface area contributed by atoms with Crippen LogP contribution in [-0.2, 0) is 20.7 Å². The number of benzene rings is 2. The van der Waals surface area contributed by atoms with Crippen molar-refractivity contribution in [2.75, 3.05) is 12.4 Å². The van der Waals surface area contributed by atoms with Crippen molar-refractivity contribution in [3.05, 3.63) is 59.4 Å². The third-order valence-corrected chi connectivity index (χ3v) is 3.48. The number of carbonyl (C=O) groups excluding carboxylic acids is 2. The summed E-state index contributed by atoms with van der Waals surface area (Å²) in [7, 11) is 1.51. The number of halogens is 3. The van der Waals surface area contributed by atoms with Gasteiger partial charge in [0.05, 0.1) is 19.2 Å². The predicted octanol–water partition coefficient (Wildman–Crippen LogP) is 3.23. The molecule has 26 heavy (non-hydrogen) atoms. The lowest BCUT2D eigenvalue weighted by atomic mass is 10.1. The maximum absolute atomic E-state index is 13.6. The number of amides is 1. The minimum Gasteiger partial charge on any atom is -0.497 e. The Morgan fingerprint density at radius 1 is 1.04 bits per heavy atom. The van der Waals surface area contributed by atoms with E-state index in [4.69, 9.17) is 9.47 Å². The predicted molar refractivity (Wildman–Crippen MR) is 87.2 cm³/mol. The molecule has 5 nitrogen and oxygen atoms in total. The molecular weight excluding hydrogens is 351 g/mol. The molecular formula is C18H16F3NO4. The maximum Gasteiger partial charge on any atom is 0.311 e. The van der Waals surface area contributed by atoms with Crippen LogP contribution in [0.2, 0.25) is 0 Å². The largest absolute Gasteiger partial charge is 0.497 e. The highest BCUT2D eigenvalue weighted by molar-refractivity contribution is 5.95. The molecule has 0 aliphatic carbocycles. The summed E-state index contributed by atoms with van der Waals surface area (Å²) in [6.07, 6.45) is -1.34. The van der Waals surface area contributed by atoms with Crippen LogP contribution in [0.15, 0.2) is 36.4 Å². The SMILES string of the molecule is COc1ccc(CC(=O)O[C@@H](C)C(=O)Nc2ccc(F)c(F)c2F)cc1. The summed E-state index contributed by atoms with van der Waals surface area (Å²) in [5.41, 5.74) is 0.0991. The van der Waals surface area contributed by atoms with Crippen molar-refractivity contribution < 1.29 is 32.2 Å². The van der Waals surface area contributed by atoms with E-state index >= 15 is 0 Å². The van der Waals surface area contributed by atoms with E-state index in [1.165, 1.54) is 14.0 Å². The lowest BCUT2D eigenvalue weighted by Gasteiger charge is -2.14. The van der Waals surface area contributed by atoms with Gasteiger partial charge >= 0.3 is 5.97 Å². The first kappa shape index (κ1) is 19.3. The molecule has 0 spiro atoms. The quantitative estimate of drug-likeness (QED) is 0.629. The van der Waals surface area contributed by atoms with Crippen molar-refractivity contribution in [2.24, 2.45) is 0 Å². The average molecular weight is 367 g/mol. The van der Waals surface area contributed by atoms with Crippen LogP contribution in [0.1, 0.15) is 12.5 Å². The number of rotatable bonds is 6. The Hall–Kier alpha value is -3.03. The fourth-order valence-electron chi connectivity index (χ4n) is 2.06. The van der Waals surface area contributed by atoms with Gasteiger partial charge in [-0.25, -0.2) is 13.2 Å². The molecule has 1 atom stereocenters. The van der Waals surface area contributed by atoms with Gasteiger partial charge in [0, 0.05) is 0 Å². The van der Waals surface area contributed by atoms with E-state index in [0.29, 0.717) is 17.4 Å². The van der Waals surface area contributed by atoms with E-state index < -0.39 is 41.1 Å². The fourth-order valence-corrected chi connectivity index (χ4v) is 2.06. The third kappa shape index (κ3) is 4.75. The van der Waals surface area contributed by atoms with Crippen LogP contribution in [-0.4, -0.2) is 25.1 Å². The Morgan fingerprint density at radius 2 is 1.69 bits per heavy atom. The summed E-state index contributed by atoms with van der Waals surface area (Å²) >= 11 is 0. The average Bonchev–Trinajstić information content (AvgIpc) is 2.62. The summed E-state index contributed by atoms with van der Waals surface area (Å²) in [6.45, 7) is 1.28. The van der Waals surface area contributed by atoms with Gasteiger partial charge in [-0.1, -0.05) is 12.1 Å². The molecule has 0 unspecified atom stereocenters. The summed E-state index contributed by atoms with van der Waals surface area (Å²) in [6, 6.07) is 8.23. The molecule has 1 amide bonds. The lowest BCUT2D eigenvalue weighted by molar-refractivity contribution is -0.152. The van der Waals surface area contributed by atoms with Gasteiger partial charge in [-0.2, -0.15) is 0 Å². The molecule has 0 aliphatic rings. The van der Waals surface area contributed by atoms with Crippen LogP contribution in [0.3, 0.4) is 0 Å². The van der Waals surface area contributed by atoms with Crippen molar-refractivity contribution in [1.29, 1.82) is 0 Å². The zero-order valence-electron chi connectivity index (χ0n) is 14.0. The molecule has 0 bridgehead atoms. The van der Waals surface area contributed by atoms with Crippen LogP contribution in [0.5, 0.6) is 5.75 Å². The van der Waals surface area contributed by atoms with E-state index in [-0.39, 0.29) is 6.42 Å². The molecule has 8 heteroatoms. The Balaban J connectivity index is 1.93. The number of methoxy groups -OCH3 is 1. The smallest absolute Gasteiger partial charge is 0.311 e. The molecule has 0 radical (unpaired) electrons. The minimum absolute atomic E-state index is 0.0822. The van der Waals surface area contributed by atoms with E-state index in [1.54, 1.807) is 24.3 Å². The zero-order valence-corrected chi connectivity index (χ0v) is 14.0. The topological polar surface area (TPSA) is 64.6 Å². The van der Waals surface area contributed by atoms with Gasteiger partial charge in [-0.3, -0.25) is 9.59 Å². The Bertz CT molecular complexity index is 809. The summed E-state index contributed by atoms with van der Waals surface area (Å²) in [4.78, 5) is 23.8. The number of anilines is 1. The van der Waals surface area contributed by atoms with Crippen LogP contribution in [0.4, 0.5) is 18.9 Å². The van der Waals surface area contributed by atoms with Crippen molar-refractivity contribution in [1.82, 2.24) is 0 Å². The van der Waals surface area contributed by atoms with Crippen molar-refractivity contribution in [3.8, 4) is 5.75 Å². The van der Waals surface area contributed by atoms with Crippen molar-refractivity contribution in [3.63, 3.8) is 0 Å². The molecule has 0 heterocycles. The molecule has 2 aromatic carbocycles. The van der Waals surface area contributed by atoms with Gasteiger partial charge in [0.2, 0.25) is 0 Å². The number of esters is 1. The summed E-state index contributed by atoms with van der Waals surface area (Å²) < 4.78 is 49.5. The summed E-state index contributed by atoms with van der Waals surface area (Å²) in [5, 5.41) is 2.05.